The van der Waals surface area contributed by atoms with Crippen molar-refractivity contribution in [2.75, 3.05) is 0 Å². The van der Waals surface area contributed by atoms with Gasteiger partial charge < -0.3 is 0 Å². The van der Waals surface area contributed by atoms with E-state index in [2.05, 4.69) is 42.3 Å². The molecule has 0 N–H and O–H groups in total. The molecular formula is C31H61N2+. The minimum atomic E-state index is 1.22. The van der Waals surface area contributed by atoms with E-state index in [0.29, 0.717) is 0 Å². The van der Waals surface area contributed by atoms with Crippen LogP contribution in [0, 0.1) is 0 Å². The molecule has 0 aliphatic rings. The van der Waals surface area contributed by atoms with Crippen LogP contribution in [0.1, 0.15) is 168 Å². The van der Waals surface area contributed by atoms with Crippen molar-refractivity contribution in [2.45, 2.75) is 182 Å². The second-order valence-corrected chi connectivity index (χ2v) is 10.6. The number of hydrogen-bond donors (Lipinski definition) is 0. The fourth-order valence-corrected chi connectivity index (χ4v) is 5.07. The lowest BCUT2D eigenvalue weighted by molar-refractivity contribution is -0.704. The summed E-state index contributed by atoms with van der Waals surface area (Å²) < 4.78 is 5.15. The van der Waals surface area contributed by atoms with Crippen molar-refractivity contribution in [1.82, 2.24) is 4.57 Å². The van der Waals surface area contributed by atoms with Crippen molar-refractivity contribution in [3.63, 3.8) is 0 Å². The lowest BCUT2D eigenvalue weighted by atomic mass is 10.0. The Morgan fingerprint density at radius 2 is 0.939 bits per heavy atom. The number of unbranched alkanes of at least 4 members (excludes halogenated alkanes) is 19. The van der Waals surface area contributed by atoms with Crippen molar-refractivity contribution in [3.05, 3.63) is 18.2 Å². The summed E-state index contributed by atoms with van der Waals surface area (Å²) in [5.74, 6) is 1.58. The summed E-state index contributed by atoms with van der Waals surface area (Å²) in [7, 11) is 0. The largest absolute Gasteiger partial charge is 0.256 e. The van der Waals surface area contributed by atoms with Crippen molar-refractivity contribution < 1.29 is 4.57 Å². The molecular weight excluding hydrogens is 400 g/mol. The summed E-state index contributed by atoms with van der Waals surface area (Å²) in [5.41, 5.74) is 0. The maximum atomic E-state index is 2.58. The molecule has 194 valence electrons. The van der Waals surface area contributed by atoms with Crippen LogP contribution in [-0.2, 0) is 19.5 Å². The fraction of sp³-hybridized carbons (Fsp3) is 0.903. The van der Waals surface area contributed by atoms with Crippen molar-refractivity contribution in [3.8, 4) is 0 Å². The molecule has 0 atom stereocenters. The zero-order chi connectivity index (χ0) is 23.8. The van der Waals surface area contributed by atoms with Gasteiger partial charge in [0.2, 0.25) is 0 Å². The SMILES string of the molecule is CCCCCCCCCCCCCCCn1cc[n+](CCCCCCCCC)c1CCCC. The van der Waals surface area contributed by atoms with Gasteiger partial charge in [-0.2, -0.15) is 0 Å². The normalized spacial score (nSPS) is 11.5. The Balaban J connectivity index is 2.14. The van der Waals surface area contributed by atoms with Crippen LogP contribution in [0.3, 0.4) is 0 Å². The van der Waals surface area contributed by atoms with Gasteiger partial charge in [-0.1, -0.05) is 130 Å². The lowest BCUT2D eigenvalue weighted by Crippen LogP contribution is -2.37. The summed E-state index contributed by atoms with van der Waals surface area (Å²) in [6, 6.07) is 0. The maximum absolute atomic E-state index is 2.58. The Morgan fingerprint density at radius 3 is 1.42 bits per heavy atom. The first kappa shape index (κ1) is 30.2. The van der Waals surface area contributed by atoms with Crippen LogP contribution >= 0.6 is 0 Å². The van der Waals surface area contributed by atoms with Crippen LogP contribution in [0.2, 0.25) is 0 Å². The van der Waals surface area contributed by atoms with Crippen LogP contribution < -0.4 is 4.57 Å². The summed E-state index contributed by atoms with van der Waals surface area (Å²) in [5, 5.41) is 0. The standard InChI is InChI=1S/C31H61N2/c1-4-7-10-12-14-15-16-17-18-19-21-23-25-28-33-30-29-32(31(33)26-9-6-3)27-24-22-20-13-11-8-5-2/h29-30H,4-28H2,1-3H3/q+1. The van der Waals surface area contributed by atoms with Crippen LogP contribution in [0.25, 0.3) is 0 Å². The van der Waals surface area contributed by atoms with E-state index in [1.165, 1.54) is 161 Å². The molecule has 0 radical (unpaired) electrons. The molecule has 0 saturated heterocycles. The third-order valence-electron chi connectivity index (χ3n) is 7.35. The van der Waals surface area contributed by atoms with Gasteiger partial charge >= 0.3 is 0 Å². The van der Waals surface area contributed by atoms with Gasteiger partial charge in [-0.3, -0.25) is 0 Å². The topological polar surface area (TPSA) is 8.81 Å². The van der Waals surface area contributed by atoms with E-state index in [1.807, 2.05) is 0 Å². The highest BCUT2D eigenvalue weighted by Gasteiger charge is 2.16. The summed E-state index contributed by atoms with van der Waals surface area (Å²) >= 11 is 0. The van der Waals surface area contributed by atoms with Gasteiger partial charge in [-0.25, -0.2) is 9.13 Å². The number of imidazole rings is 1. The van der Waals surface area contributed by atoms with Gasteiger partial charge in [0.05, 0.1) is 13.1 Å². The molecule has 0 spiro atoms. The Kier molecular flexibility index (Phi) is 21.1. The molecule has 0 aromatic carbocycles. The Labute approximate surface area is 208 Å². The summed E-state index contributed by atoms with van der Waals surface area (Å²) in [6.45, 7) is 9.37. The summed E-state index contributed by atoms with van der Waals surface area (Å²) in [4.78, 5) is 0. The molecule has 2 nitrogen and oxygen atoms in total. The van der Waals surface area contributed by atoms with E-state index >= 15 is 0 Å². The minimum absolute atomic E-state index is 1.22. The first-order valence-electron chi connectivity index (χ1n) is 15.4. The summed E-state index contributed by atoms with van der Waals surface area (Å²) in [6.07, 6.45) is 37.1. The third-order valence-corrected chi connectivity index (χ3v) is 7.35. The van der Waals surface area contributed by atoms with Crippen LogP contribution in [0.15, 0.2) is 12.4 Å². The number of aromatic nitrogens is 2. The smallest absolute Gasteiger partial charge is 0.234 e. The van der Waals surface area contributed by atoms with Gasteiger partial charge in [-0.05, 0) is 32.1 Å². The van der Waals surface area contributed by atoms with Crippen molar-refractivity contribution in [2.24, 2.45) is 0 Å². The first-order valence-corrected chi connectivity index (χ1v) is 15.4. The van der Waals surface area contributed by atoms with E-state index in [-0.39, 0.29) is 0 Å². The maximum Gasteiger partial charge on any atom is 0.256 e. The first-order chi connectivity index (χ1) is 16.3. The molecule has 1 heterocycles. The van der Waals surface area contributed by atoms with Crippen LogP contribution in [0.4, 0.5) is 0 Å². The molecule has 1 rings (SSSR count). The van der Waals surface area contributed by atoms with Crippen molar-refractivity contribution >= 4 is 0 Å². The zero-order valence-corrected chi connectivity index (χ0v) is 23.2. The molecule has 0 bridgehead atoms. The van der Waals surface area contributed by atoms with Crippen LogP contribution in [-0.4, -0.2) is 4.57 Å². The van der Waals surface area contributed by atoms with E-state index in [4.69, 9.17) is 0 Å². The van der Waals surface area contributed by atoms with E-state index in [1.54, 1.807) is 5.82 Å². The van der Waals surface area contributed by atoms with Crippen molar-refractivity contribution in [1.29, 1.82) is 0 Å². The van der Waals surface area contributed by atoms with Gasteiger partial charge in [0.25, 0.3) is 5.82 Å². The lowest BCUT2D eigenvalue weighted by Gasteiger charge is -2.06. The number of rotatable bonds is 25. The highest BCUT2D eigenvalue weighted by Crippen LogP contribution is 2.13. The average Bonchev–Trinajstić information content (AvgIpc) is 3.21. The molecule has 1 aromatic rings. The number of hydrogen-bond acceptors (Lipinski definition) is 0. The molecule has 0 unspecified atom stereocenters. The average molecular weight is 462 g/mol. The molecule has 1 aromatic heterocycles. The van der Waals surface area contributed by atoms with Gasteiger partial charge in [0, 0.05) is 6.42 Å². The predicted molar refractivity (Wildman–Crippen MR) is 147 cm³/mol. The zero-order valence-electron chi connectivity index (χ0n) is 23.2. The predicted octanol–water partition coefficient (Wildman–Crippen LogP) is 9.96. The van der Waals surface area contributed by atoms with E-state index in [9.17, 15) is 0 Å². The molecule has 0 fully saturated rings. The Bertz CT molecular complexity index is 519. The minimum Gasteiger partial charge on any atom is -0.234 e. The second kappa shape index (κ2) is 23.0. The van der Waals surface area contributed by atoms with Gasteiger partial charge in [0.15, 0.2) is 0 Å². The molecule has 0 amide bonds. The Hall–Kier alpha value is -0.790. The fourth-order valence-electron chi connectivity index (χ4n) is 5.07. The number of aryl methyl sites for hydroxylation is 2. The van der Waals surface area contributed by atoms with E-state index < -0.39 is 0 Å². The highest BCUT2D eigenvalue weighted by molar-refractivity contribution is 4.84. The van der Waals surface area contributed by atoms with Crippen LogP contribution in [0.5, 0.6) is 0 Å². The monoisotopic (exact) mass is 461 g/mol. The molecule has 2 heteroatoms. The molecule has 33 heavy (non-hydrogen) atoms. The molecule has 0 saturated carbocycles. The molecule has 0 aliphatic heterocycles. The third kappa shape index (κ3) is 16.5. The highest BCUT2D eigenvalue weighted by atomic mass is 15.1. The van der Waals surface area contributed by atoms with E-state index in [0.717, 1.165) is 0 Å². The quantitative estimate of drug-likeness (QED) is 0.101. The number of nitrogens with zero attached hydrogens (tertiary/aromatic N) is 2. The van der Waals surface area contributed by atoms with Gasteiger partial charge in [0.1, 0.15) is 12.4 Å². The van der Waals surface area contributed by atoms with Gasteiger partial charge in [-0.15, -0.1) is 0 Å². The second-order valence-electron chi connectivity index (χ2n) is 10.6. The molecule has 0 aliphatic carbocycles. The Morgan fingerprint density at radius 1 is 0.515 bits per heavy atom.